The lowest BCUT2D eigenvalue weighted by Crippen LogP contribution is -2.30. The van der Waals surface area contributed by atoms with Crippen molar-refractivity contribution in [3.05, 3.63) is 68.5 Å². The summed E-state index contributed by atoms with van der Waals surface area (Å²) in [6, 6.07) is 14.0. The van der Waals surface area contributed by atoms with Gasteiger partial charge in [-0.1, -0.05) is 67.4 Å². The summed E-state index contributed by atoms with van der Waals surface area (Å²) in [5.41, 5.74) is 1.00. The Labute approximate surface area is 170 Å². The van der Waals surface area contributed by atoms with E-state index in [9.17, 15) is 5.11 Å². The fraction of sp³-hybridized carbons (Fsp3) is 0.429. The van der Waals surface area contributed by atoms with E-state index in [0.29, 0.717) is 15.8 Å². The first-order valence-corrected chi connectivity index (χ1v) is 10.7. The molecule has 0 spiro atoms. The normalized spacial score (nSPS) is 13.8. The highest BCUT2D eigenvalue weighted by molar-refractivity contribution is 7.99. The van der Waals surface area contributed by atoms with E-state index in [1.165, 1.54) is 22.2 Å². The maximum atomic E-state index is 10.4. The van der Waals surface area contributed by atoms with Gasteiger partial charge in [-0.05, 0) is 54.6 Å². The van der Waals surface area contributed by atoms with Crippen molar-refractivity contribution in [3.63, 3.8) is 0 Å². The summed E-state index contributed by atoms with van der Waals surface area (Å²) in [5, 5.41) is 14.6. The van der Waals surface area contributed by atoms with Gasteiger partial charge < -0.3 is 10.0 Å². The average Bonchev–Trinajstić information content (AvgIpc) is 2.58. The summed E-state index contributed by atoms with van der Waals surface area (Å²) in [6.07, 6.45) is 0.741. The van der Waals surface area contributed by atoms with Crippen LogP contribution in [0, 0.1) is 10.4 Å². The Morgan fingerprint density at radius 1 is 1.00 bits per heavy atom. The molecule has 0 saturated carbocycles. The number of thioether (sulfide) groups is 1. The van der Waals surface area contributed by atoms with E-state index in [-0.39, 0.29) is 0 Å². The van der Waals surface area contributed by atoms with Crippen molar-refractivity contribution in [1.29, 1.82) is 0 Å². The summed E-state index contributed by atoms with van der Waals surface area (Å²) < 4.78 is 0. The highest BCUT2D eigenvalue weighted by Gasteiger charge is 2.22. The molecule has 142 valence electrons. The van der Waals surface area contributed by atoms with Crippen LogP contribution in [0.4, 0.5) is 0 Å². The summed E-state index contributed by atoms with van der Waals surface area (Å²) in [4.78, 5) is 1.57. The molecule has 0 heterocycles. The van der Waals surface area contributed by atoms with Crippen molar-refractivity contribution >= 4 is 35.0 Å². The molecule has 0 aromatic heterocycles. The molecule has 2 aliphatic rings. The van der Waals surface area contributed by atoms with Crippen molar-refractivity contribution in [3.8, 4) is 0 Å². The summed E-state index contributed by atoms with van der Waals surface area (Å²) in [7, 11) is 0. The van der Waals surface area contributed by atoms with Gasteiger partial charge in [-0.2, -0.15) is 0 Å². The summed E-state index contributed by atoms with van der Waals surface area (Å²) >= 11 is 13.5. The number of benzene rings is 2. The van der Waals surface area contributed by atoms with Crippen molar-refractivity contribution in [2.75, 3.05) is 19.6 Å². The zero-order chi connectivity index (χ0) is 19.2. The van der Waals surface area contributed by atoms with Crippen LogP contribution < -0.4 is 0 Å². The molecule has 0 aliphatic heterocycles. The van der Waals surface area contributed by atoms with Crippen LogP contribution >= 0.6 is 35.0 Å². The fourth-order valence-corrected chi connectivity index (χ4v) is 4.02. The third-order valence-electron chi connectivity index (χ3n) is 4.56. The van der Waals surface area contributed by atoms with Crippen molar-refractivity contribution in [1.82, 2.24) is 4.90 Å². The van der Waals surface area contributed by atoms with Crippen LogP contribution in [-0.2, 0) is 5.75 Å². The van der Waals surface area contributed by atoms with E-state index < -0.39 is 4.93 Å². The van der Waals surface area contributed by atoms with E-state index in [2.05, 4.69) is 43.0 Å². The lowest BCUT2D eigenvalue weighted by Gasteiger charge is -2.27. The fourth-order valence-electron chi connectivity index (χ4n) is 2.51. The quantitative estimate of drug-likeness (QED) is 0.462. The third kappa shape index (κ3) is 6.47. The Bertz CT molecular complexity index is 756. The number of halogens is 2. The molecule has 5 heteroatoms. The van der Waals surface area contributed by atoms with Crippen LogP contribution in [0.1, 0.15) is 32.8 Å². The van der Waals surface area contributed by atoms with Gasteiger partial charge in [0.15, 0.2) is 0 Å². The maximum absolute atomic E-state index is 10.4. The molecule has 1 unspecified atom stereocenters. The molecule has 1 aromatic rings. The molecular formula is C21H27Cl2NOS. The molecule has 2 nitrogen and oxygen atoms in total. The zero-order valence-electron chi connectivity index (χ0n) is 15.6. The van der Waals surface area contributed by atoms with Gasteiger partial charge in [-0.15, -0.1) is 11.8 Å². The molecule has 1 N–H and O–H groups in total. The predicted octanol–water partition coefficient (Wildman–Crippen LogP) is 5.95. The number of aliphatic hydroxyl groups is 1. The smallest absolute Gasteiger partial charge is 0.109 e. The number of nitrogens with zero attached hydrogens (tertiary/aromatic N) is 1. The first-order valence-electron chi connectivity index (χ1n) is 8.97. The van der Waals surface area contributed by atoms with Crippen molar-refractivity contribution in [2.24, 2.45) is 0 Å². The second kappa shape index (κ2) is 10.0. The van der Waals surface area contributed by atoms with Crippen LogP contribution in [-0.4, -0.2) is 34.6 Å². The van der Waals surface area contributed by atoms with E-state index in [1.807, 2.05) is 19.1 Å². The van der Waals surface area contributed by atoms with Crippen molar-refractivity contribution in [2.45, 2.75) is 37.9 Å². The molecule has 0 radical (unpaired) electrons. The third-order valence-corrected chi connectivity index (χ3v) is 6.43. The number of rotatable bonds is 8. The Kier molecular flexibility index (Phi) is 8.31. The topological polar surface area (TPSA) is 23.5 Å². The minimum Gasteiger partial charge on any atom is -0.380 e. The van der Waals surface area contributed by atoms with Crippen LogP contribution in [0.5, 0.6) is 0 Å². The van der Waals surface area contributed by atoms with Gasteiger partial charge in [0.2, 0.25) is 0 Å². The summed E-state index contributed by atoms with van der Waals surface area (Å²) in [6.45, 7) is 9.07. The van der Waals surface area contributed by atoms with Gasteiger partial charge in [0, 0.05) is 22.3 Å². The van der Waals surface area contributed by atoms with Crippen LogP contribution in [0.3, 0.4) is 0 Å². The lowest BCUT2D eigenvalue weighted by atomic mass is 10.1. The maximum Gasteiger partial charge on any atom is 0.109 e. The van der Waals surface area contributed by atoms with Gasteiger partial charge in [0.05, 0.1) is 0 Å². The van der Waals surface area contributed by atoms with Gasteiger partial charge in [0.1, 0.15) is 4.93 Å². The van der Waals surface area contributed by atoms with E-state index in [1.54, 1.807) is 6.07 Å². The Morgan fingerprint density at radius 3 is 2.00 bits per heavy atom. The van der Waals surface area contributed by atoms with Crippen LogP contribution in [0.2, 0.25) is 10.0 Å². The first-order chi connectivity index (χ1) is 12.3. The molecule has 0 amide bonds. The Balaban J connectivity index is 0.000000331. The van der Waals surface area contributed by atoms with Gasteiger partial charge in [-0.3, -0.25) is 0 Å². The first kappa shape index (κ1) is 21.6. The van der Waals surface area contributed by atoms with Crippen molar-refractivity contribution < 1.29 is 5.11 Å². The molecule has 1 atom stereocenters. The summed E-state index contributed by atoms with van der Waals surface area (Å²) in [5.74, 6) is 0.682. The molecule has 0 fully saturated rings. The minimum atomic E-state index is -0.744. The largest absolute Gasteiger partial charge is 0.380 e. The van der Waals surface area contributed by atoms with E-state index >= 15 is 0 Å². The second-order valence-electron chi connectivity index (χ2n) is 6.55. The highest BCUT2D eigenvalue weighted by atomic mass is 35.5. The average molecular weight is 412 g/mol. The molecule has 2 aliphatic carbocycles. The number of hydrogen-bond donors (Lipinski definition) is 1. The van der Waals surface area contributed by atoms with Crippen LogP contribution in [0.15, 0.2) is 42.5 Å². The van der Waals surface area contributed by atoms with Crippen LogP contribution in [0.25, 0.3) is 0 Å². The zero-order valence-corrected chi connectivity index (χ0v) is 18.0. The lowest BCUT2D eigenvalue weighted by molar-refractivity contribution is 0.128. The molecular weight excluding hydrogens is 385 g/mol. The van der Waals surface area contributed by atoms with E-state index in [4.69, 9.17) is 23.2 Å². The molecule has 1 aromatic carbocycles. The molecule has 0 saturated heterocycles. The van der Waals surface area contributed by atoms with Gasteiger partial charge in [0.25, 0.3) is 0 Å². The standard InChI is InChI=1S/C15H23Cl2NOS.C6H4/c1-4-18(5-2)9-8-15(3,19)20-11-12-6-7-13(16)10-14(12)17;1-2-6-4-3-5(1)6/h6-7,10,19H,4-5,8-9,11H2,1-3H3;1-4H. The minimum absolute atomic E-state index is 0.636. The number of hydrogen-bond acceptors (Lipinski definition) is 3. The van der Waals surface area contributed by atoms with Gasteiger partial charge >= 0.3 is 0 Å². The Morgan fingerprint density at radius 2 is 1.58 bits per heavy atom. The highest BCUT2D eigenvalue weighted by Crippen LogP contribution is 2.32. The van der Waals surface area contributed by atoms with E-state index in [0.717, 1.165) is 31.6 Å². The molecule has 3 rings (SSSR count). The monoisotopic (exact) mass is 411 g/mol. The van der Waals surface area contributed by atoms with Gasteiger partial charge in [-0.25, -0.2) is 0 Å². The molecule has 0 bridgehead atoms. The SMILES string of the molecule is CCN(CC)CCC(C)(O)SCc1ccc(Cl)cc1Cl.c1cc2ccc1=2. The Hall–Kier alpha value is -0.710. The predicted molar refractivity (Wildman–Crippen MR) is 115 cm³/mol. The second-order valence-corrected chi connectivity index (χ2v) is 8.85. The molecule has 26 heavy (non-hydrogen) atoms.